The van der Waals surface area contributed by atoms with Gasteiger partial charge in [0.05, 0.1) is 16.8 Å². The number of rotatable bonds is 4. The van der Waals surface area contributed by atoms with E-state index in [1.54, 1.807) is 18.2 Å². The molecule has 0 amide bonds. The summed E-state index contributed by atoms with van der Waals surface area (Å²) in [6.45, 7) is 1.14. The van der Waals surface area contributed by atoms with Gasteiger partial charge in [0.1, 0.15) is 0 Å². The molecule has 8 heteroatoms. The fourth-order valence-corrected chi connectivity index (χ4v) is 1.92. The largest absolute Gasteiger partial charge is 0.417 e. The fraction of sp³-hybridized carbons (Fsp3) is 0.118. The Morgan fingerprint density at radius 2 is 1.64 bits per heavy atom. The van der Waals surface area contributed by atoms with E-state index in [1.807, 2.05) is 0 Å². The van der Waals surface area contributed by atoms with E-state index in [4.69, 9.17) is 15.6 Å². The minimum absolute atomic E-state index is 0.258. The molecular formula is C17H14F3N3O2. The number of nitrogens with one attached hydrogen (secondary N) is 3. The third-order valence-corrected chi connectivity index (χ3v) is 3.19. The minimum atomic E-state index is -4.42. The summed E-state index contributed by atoms with van der Waals surface area (Å²) in [5, 5.41) is 18.1. The van der Waals surface area contributed by atoms with Crippen molar-refractivity contribution in [1.29, 1.82) is 10.8 Å². The zero-order valence-corrected chi connectivity index (χ0v) is 13.1. The highest BCUT2D eigenvalue weighted by atomic mass is 19.4. The average Bonchev–Trinajstić information content (AvgIpc) is 2.54. The zero-order valence-electron chi connectivity index (χ0n) is 13.1. The monoisotopic (exact) mass is 349 g/mol. The lowest BCUT2D eigenvalue weighted by atomic mass is 10.1. The number of Topliss-reactive ketones (excluding diaryl/α,β-unsaturated/α-hetero) is 1. The molecule has 0 saturated carbocycles. The summed E-state index contributed by atoms with van der Waals surface area (Å²) in [5.41, 5.74) is 0.268. The number of hydrogen-bond donors (Lipinski definition) is 3. The summed E-state index contributed by atoms with van der Waals surface area (Å²) in [7, 11) is 0. The quantitative estimate of drug-likeness (QED) is 0.566. The summed E-state index contributed by atoms with van der Waals surface area (Å²) >= 11 is 0. The van der Waals surface area contributed by atoms with Crippen molar-refractivity contribution in [3.8, 4) is 0 Å². The topological polar surface area (TPSA) is 86.0 Å². The van der Waals surface area contributed by atoms with Crippen LogP contribution in [0.1, 0.15) is 18.1 Å². The lowest BCUT2D eigenvalue weighted by Gasteiger charge is -2.14. The standard InChI is InChI=1S/C17H14F3N3O2/c1-10(24)15(21)25-16(22)13-4-2-3-5-14(13)23-12-8-6-11(7-9-12)17(18,19)20/h2-9,21-23H,1H3. The molecule has 0 spiro atoms. The van der Waals surface area contributed by atoms with E-state index in [0.717, 1.165) is 19.1 Å². The van der Waals surface area contributed by atoms with Gasteiger partial charge in [-0.15, -0.1) is 0 Å². The molecule has 0 aliphatic rings. The SMILES string of the molecule is CC(=O)C(=N)OC(=N)c1ccccc1Nc1ccc(C(F)(F)F)cc1. The summed E-state index contributed by atoms with van der Waals surface area (Å²) in [4.78, 5) is 11.0. The van der Waals surface area contributed by atoms with Gasteiger partial charge in [-0.2, -0.15) is 13.2 Å². The van der Waals surface area contributed by atoms with Crippen LogP contribution >= 0.6 is 0 Å². The normalized spacial score (nSPS) is 10.9. The fourth-order valence-electron chi connectivity index (χ4n) is 1.92. The molecule has 0 aliphatic heterocycles. The first-order valence-electron chi connectivity index (χ1n) is 7.08. The van der Waals surface area contributed by atoms with Crippen LogP contribution in [-0.4, -0.2) is 17.6 Å². The van der Waals surface area contributed by atoms with Crippen LogP contribution in [0.15, 0.2) is 48.5 Å². The lowest BCUT2D eigenvalue weighted by Crippen LogP contribution is -2.18. The van der Waals surface area contributed by atoms with Crippen LogP contribution < -0.4 is 5.32 Å². The van der Waals surface area contributed by atoms with E-state index in [0.29, 0.717) is 11.4 Å². The third kappa shape index (κ3) is 4.66. The Balaban J connectivity index is 2.22. The molecular weight excluding hydrogens is 335 g/mol. The van der Waals surface area contributed by atoms with Crippen LogP contribution in [-0.2, 0) is 15.7 Å². The van der Waals surface area contributed by atoms with E-state index in [2.05, 4.69) is 5.32 Å². The van der Waals surface area contributed by atoms with Crippen LogP contribution in [0.25, 0.3) is 0 Å². The van der Waals surface area contributed by atoms with Gasteiger partial charge in [0.2, 0.25) is 11.7 Å². The molecule has 0 heterocycles. The van der Waals surface area contributed by atoms with Gasteiger partial charge >= 0.3 is 6.18 Å². The number of ketones is 1. The van der Waals surface area contributed by atoms with E-state index >= 15 is 0 Å². The number of ether oxygens (including phenoxy) is 1. The summed E-state index contributed by atoms with van der Waals surface area (Å²) in [6.07, 6.45) is -4.42. The van der Waals surface area contributed by atoms with Gasteiger partial charge in [-0.1, -0.05) is 12.1 Å². The second-order valence-electron chi connectivity index (χ2n) is 5.06. The van der Waals surface area contributed by atoms with Crippen molar-refractivity contribution in [1.82, 2.24) is 0 Å². The van der Waals surface area contributed by atoms with Crippen molar-refractivity contribution < 1.29 is 22.7 Å². The van der Waals surface area contributed by atoms with Crippen LogP contribution in [0.5, 0.6) is 0 Å². The van der Waals surface area contributed by atoms with Gasteiger partial charge in [0.15, 0.2) is 0 Å². The van der Waals surface area contributed by atoms with Crippen molar-refractivity contribution in [3.63, 3.8) is 0 Å². The molecule has 0 aromatic heterocycles. The number of alkyl halides is 3. The van der Waals surface area contributed by atoms with E-state index in [9.17, 15) is 18.0 Å². The predicted molar refractivity (Wildman–Crippen MR) is 87.5 cm³/mol. The highest BCUT2D eigenvalue weighted by molar-refractivity contribution is 6.36. The lowest BCUT2D eigenvalue weighted by molar-refractivity contribution is -0.137. The van der Waals surface area contributed by atoms with Crippen molar-refractivity contribution in [2.24, 2.45) is 0 Å². The first kappa shape index (κ1) is 18.2. The molecule has 0 fully saturated rings. The maximum Gasteiger partial charge on any atom is 0.416 e. The van der Waals surface area contributed by atoms with Crippen molar-refractivity contribution in [2.75, 3.05) is 5.32 Å². The predicted octanol–water partition coefficient (Wildman–Crippen LogP) is 4.36. The number of para-hydroxylation sites is 1. The Kier molecular flexibility index (Phi) is 5.21. The van der Waals surface area contributed by atoms with Crippen molar-refractivity contribution in [2.45, 2.75) is 13.1 Å². The van der Waals surface area contributed by atoms with E-state index in [1.165, 1.54) is 18.2 Å². The number of carbonyl (C=O) groups excluding carboxylic acids is 1. The summed E-state index contributed by atoms with van der Waals surface area (Å²) < 4.78 is 42.6. The van der Waals surface area contributed by atoms with E-state index < -0.39 is 29.3 Å². The second-order valence-corrected chi connectivity index (χ2v) is 5.06. The smallest absolute Gasteiger partial charge is 0.416 e. The average molecular weight is 349 g/mol. The Bertz CT molecular complexity index is 815. The number of anilines is 2. The molecule has 2 aromatic carbocycles. The maximum atomic E-state index is 12.6. The number of benzene rings is 2. The van der Waals surface area contributed by atoms with Crippen LogP contribution in [0.2, 0.25) is 0 Å². The molecule has 2 rings (SSSR count). The molecule has 3 N–H and O–H groups in total. The van der Waals surface area contributed by atoms with Gasteiger partial charge < -0.3 is 10.1 Å². The van der Waals surface area contributed by atoms with Crippen LogP contribution in [0, 0.1) is 10.8 Å². The van der Waals surface area contributed by atoms with Crippen molar-refractivity contribution in [3.05, 3.63) is 59.7 Å². The highest BCUT2D eigenvalue weighted by Crippen LogP contribution is 2.30. The number of carbonyl (C=O) groups is 1. The maximum absolute atomic E-state index is 12.6. The summed E-state index contributed by atoms with van der Waals surface area (Å²) in [5.74, 6) is -1.72. The first-order chi connectivity index (χ1) is 11.7. The minimum Gasteiger partial charge on any atom is -0.417 e. The first-order valence-corrected chi connectivity index (χ1v) is 7.08. The molecule has 0 aliphatic carbocycles. The molecule has 0 bridgehead atoms. The van der Waals surface area contributed by atoms with Crippen LogP contribution in [0.4, 0.5) is 24.5 Å². The molecule has 130 valence electrons. The Morgan fingerprint density at radius 3 is 2.20 bits per heavy atom. The number of halogens is 3. The molecule has 2 aromatic rings. The van der Waals surface area contributed by atoms with Gasteiger partial charge in [-0.3, -0.25) is 15.6 Å². The highest BCUT2D eigenvalue weighted by Gasteiger charge is 2.29. The van der Waals surface area contributed by atoms with Gasteiger partial charge in [-0.25, -0.2) is 0 Å². The number of hydrogen-bond acceptors (Lipinski definition) is 5. The molecule has 0 saturated heterocycles. The third-order valence-electron chi connectivity index (χ3n) is 3.19. The van der Waals surface area contributed by atoms with Gasteiger partial charge in [0.25, 0.3) is 5.90 Å². The second kappa shape index (κ2) is 7.16. The zero-order chi connectivity index (χ0) is 18.6. The molecule has 0 radical (unpaired) electrons. The van der Waals surface area contributed by atoms with Gasteiger partial charge in [-0.05, 0) is 36.4 Å². The summed E-state index contributed by atoms with van der Waals surface area (Å²) in [6, 6.07) is 10.8. The molecule has 25 heavy (non-hydrogen) atoms. The van der Waals surface area contributed by atoms with Gasteiger partial charge in [0, 0.05) is 12.6 Å². The molecule has 0 unspecified atom stereocenters. The Hall–Kier alpha value is -3.16. The Labute approximate surface area is 141 Å². The molecule has 0 atom stereocenters. The van der Waals surface area contributed by atoms with Crippen molar-refractivity contribution >= 4 is 29.0 Å². The van der Waals surface area contributed by atoms with E-state index in [-0.39, 0.29) is 5.56 Å². The molecule has 5 nitrogen and oxygen atoms in total. The Morgan fingerprint density at radius 1 is 1.04 bits per heavy atom. The van der Waals surface area contributed by atoms with Crippen LogP contribution in [0.3, 0.4) is 0 Å².